The molecule has 1 aliphatic carbocycles. The monoisotopic (exact) mass is 400 g/mol. The molecule has 152 valence electrons. The maximum Gasteiger partial charge on any atom is 0.254 e. The van der Waals surface area contributed by atoms with E-state index in [-0.39, 0.29) is 42.9 Å². The molecule has 8 heteroatoms. The zero-order valence-electron chi connectivity index (χ0n) is 16.0. The van der Waals surface area contributed by atoms with Crippen LogP contribution < -0.4 is 10.3 Å². The van der Waals surface area contributed by atoms with Crippen LogP contribution in [0.4, 0.5) is 4.39 Å². The van der Waals surface area contributed by atoms with E-state index in [2.05, 4.69) is 4.72 Å². The molecule has 27 heavy (non-hydrogen) atoms. The van der Waals surface area contributed by atoms with E-state index >= 15 is 0 Å². The summed E-state index contributed by atoms with van der Waals surface area (Å²) >= 11 is 0. The van der Waals surface area contributed by atoms with Gasteiger partial charge in [-0.3, -0.25) is 9.18 Å². The first kappa shape index (κ1) is 20.5. The Hall–Kier alpha value is -1.25. The molecule has 0 spiro atoms. The summed E-state index contributed by atoms with van der Waals surface area (Å²) < 4.78 is 46.9. The predicted molar refractivity (Wildman–Crippen MR) is 102 cm³/mol. The molecule has 0 radical (unpaired) electrons. The van der Waals surface area contributed by atoms with Gasteiger partial charge in [0.15, 0.2) is 0 Å². The smallest absolute Gasteiger partial charge is 0.254 e. The fourth-order valence-corrected chi connectivity index (χ4v) is 5.05. The minimum absolute atomic E-state index is 0.0394. The Morgan fingerprint density at radius 2 is 1.93 bits per heavy atom. The lowest BCUT2D eigenvalue weighted by Crippen LogP contribution is -2.49. The van der Waals surface area contributed by atoms with E-state index in [0.717, 1.165) is 37.6 Å². The minimum atomic E-state index is -3.40. The van der Waals surface area contributed by atoms with Gasteiger partial charge in [0.25, 0.3) is 5.56 Å². The molecule has 1 fully saturated rings. The number of ether oxygens (including phenoxy) is 1. The minimum Gasteiger partial charge on any atom is -0.376 e. The first-order valence-corrected chi connectivity index (χ1v) is 11.5. The Labute approximate surface area is 160 Å². The number of halogens is 1. The van der Waals surface area contributed by atoms with E-state index in [0.29, 0.717) is 18.4 Å². The first-order chi connectivity index (χ1) is 12.8. The van der Waals surface area contributed by atoms with Crippen molar-refractivity contribution < 1.29 is 17.5 Å². The largest absolute Gasteiger partial charge is 0.376 e. The number of nitrogens with zero attached hydrogens (tertiary/aromatic N) is 1. The van der Waals surface area contributed by atoms with Crippen molar-refractivity contribution in [3.8, 4) is 0 Å². The van der Waals surface area contributed by atoms with Crippen molar-refractivity contribution in [1.82, 2.24) is 9.29 Å². The van der Waals surface area contributed by atoms with Gasteiger partial charge in [0.1, 0.15) is 0 Å². The normalized spacial score (nSPS) is 28.7. The first-order valence-electron chi connectivity index (χ1n) is 9.64. The van der Waals surface area contributed by atoms with Crippen LogP contribution in [0.3, 0.4) is 0 Å². The fourth-order valence-electron chi connectivity index (χ4n) is 4.23. The number of fused-ring (bicyclic) bond motifs is 1. The SMILES string of the molecule is Cc1ccc2n(c1=O)C(COC1CCC(CF)CC1)C(NS(C)(=O)=O)CC2. The van der Waals surface area contributed by atoms with Crippen LogP contribution in [0.5, 0.6) is 0 Å². The average molecular weight is 401 g/mol. The van der Waals surface area contributed by atoms with Gasteiger partial charge in [-0.2, -0.15) is 0 Å². The summed E-state index contributed by atoms with van der Waals surface area (Å²) in [6.45, 7) is 1.76. The second-order valence-electron chi connectivity index (χ2n) is 7.92. The van der Waals surface area contributed by atoms with Crippen LogP contribution in [0.25, 0.3) is 0 Å². The van der Waals surface area contributed by atoms with Gasteiger partial charge in [-0.25, -0.2) is 13.1 Å². The lowest BCUT2D eigenvalue weighted by Gasteiger charge is -2.37. The van der Waals surface area contributed by atoms with Crippen molar-refractivity contribution in [1.29, 1.82) is 0 Å². The molecule has 0 amide bonds. The molecule has 2 heterocycles. The summed E-state index contributed by atoms with van der Waals surface area (Å²) in [5, 5.41) is 0. The van der Waals surface area contributed by atoms with Gasteiger partial charge < -0.3 is 9.30 Å². The van der Waals surface area contributed by atoms with Crippen molar-refractivity contribution in [3.63, 3.8) is 0 Å². The molecule has 0 aromatic carbocycles. The third kappa shape index (κ3) is 4.97. The van der Waals surface area contributed by atoms with Gasteiger partial charge in [0, 0.05) is 17.3 Å². The van der Waals surface area contributed by atoms with Crippen molar-refractivity contribution in [3.05, 3.63) is 33.7 Å². The quantitative estimate of drug-likeness (QED) is 0.793. The van der Waals surface area contributed by atoms with Crippen molar-refractivity contribution in [2.45, 2.75) is 63.6 Å². The lowest BCUT2D eigenvalue weighted by atomic mass is 9.88. The highest BCUT2D eigenvalue weighted by Crippen LogP contribution is 2.29. The molecular formula is C19H29FN2O4S. The zero-order chi connectivity index (χ0) is 19.6. The Morgan fingerprint density at radius 1 is 1.22 bits per heavy atom. The van der Waals surface area contributed by atoms with E-state index in [1.54, 1.807) is 11.5 Å². The van der Waals surface area contributed by atoms with Crippen LogP contribution in [0.2, 0.25) is 0 Å². The maximum atomic E-state index is 12.8. The van der Waals surface area contributed by atoms with E-state index < -0.39 is 10.0 Å². The number of aromatic nitrogens is 1. The molecule has 3 rings (SSSR count). The molecule has 1 aliphatic heterocycles. The fraction of sp³-hybridized carbons (Fsp3) is 0.737. The van der Waals surface area contributed by atoms with Gasteiger partial charge in [0.2, 0.25) is 10.0 Å². The van der Waals surface area contributed by atoms with Crippen LogP contribution >= 0.6 is 0 Å². The van der Waals surface area contributed by atoms with Gasteiger partial charge in [-0.05, 0) is 57.4 Å². The summed E-state index contributed by atoms with van der Waals surface area (Å²) in [6.07, 6.45) is 5.68. The molecule has 2 atom stereocenters. The molecule has 6 nitrogen and oxygen atoms in total. The molecule has 0 bridgehead atoms. The summed E-state index contributed by atoms with van der Waals surface area (Å²) in [4.78, 5) is 12.8. The Morgan fingerprint density at radius 3 is 2.56 bits per heavy atom. The molecule has 2 unspecified atom stereocenters. The number of hydrogen-bond acceptors (Lipinski definition) is 4. The highest BCUT2D eigenvalue weighted by atomic mass is 32.2. The van der Waals surface area contributed by atoms with Gasteiger partial charge in [-0.15, -0.1) is 0 Å². The maximum absolute atomic E-state index is 12.8. The molecule has 1 aromatic heterocycles. The highest BCUT2D eigenvalue weighted by molar-refractivity contribution is 7.88. The third-order valence-electron chi connectivity index (χ3n) is 5.78. The topological polar surface area (TPSA) is 77.4 Å². The highest BCUT2D eigenvalue weighted by Gasteiger charge is 2.33. The van der Waals surface area contributed by atoms with E-state index in [4.69, 9.17) is 4.74 Å². The number of hydrogen-bond donors (Lipinski definition) is 1. The van der Waals surface area contributed by atoms with Crippen LogP contribution in [-0.2, 0) is 21.2 Å². The third-order valence-corrected chi connectivity index (χ3v) is 6.51. The summed E-state index contributed by atoms with van der Waals surface area (Å²) in [5.74, 6) is 0.130. The van der Waals surface area contributed by atoms with E-state index in [9.17, 15) is 17.6 Å². The van der Waals surface area contributed by atoms with Crippen LogP contribution in [0.15, 0.2) is 16.9 Å². The number of pyridine rings is 1. The molecule has 0 saturated heterocycles. The zero-order valence-corrected chi connectivity index (χ0v) is 16.8. The number of nitrogens with one attached hydrogen (secondary N) is 1. The average Bonchev–Trinajstić information content (AvgIpc) is 2.63. The second-order valence-corrected chi connectivity index (χ2v) is 9.70. The number of aryl methyl sites for hydroxylation is 2. The number of rotatable bonds is 6. The van der Waals surface area contributed by atoms with Gasteiger partial charge in [0.05, 0.1) is 31.7 Å². The molecule has 1 aromatic rings. The van der Waals surface area contributed by atoms with Crippen LogP contribution in [0, 0.1) is 12.8 Å². The Bertz CT molecular complexity index is 815. The molecular weight excluding hydrogens is 371 g/mol. The van der Waals surface area contributed by atoms with Crippen molar-refractivity contribution >= 4 is 10.0 Å². The van der Waals surface area contributed by atoms with Crippen LogP contribution in [-0.4, -0.2) is 44.7 Å². The predicted octanol–water partition coefficient (Wildman–Crippen LogP) is 2.11. The van der Waals surface area contributed by atoms with E-state index in [1.165, 1.54) is 0 Å². The standard InChI is InChI=1S/C19H29FN2O4S/c1-13-3-6-15-7-10-17(21-27(2,24)25)18(22(15)19(13)23)12-26-16-8-4-14(11-20)5-9-16/h3,6,14,16-18,21H,4-5,7-12H2,1-2H3. The Balaban J connectivity index is 1.80. The lowest BCUT2D eigenvalue weighted by molar-refractivity contribution is -0.00840. The van der Waals surface area contributed by atoms with Gasteiger partial charge >= 0.3 is 0 Å². The summed E-state index contributed by atoms with van der Waals surface area (Å²) in [7, 11) is -3.40. The number of alkyl halides is 1. The van der Waals surface area contributed by atoms with Crippen molar-refractivity contribution in [2.24, 2.45) is 5.92 Å². The van der Waals surface area contributed by atoms with Crippen molar-refractivity contribution in [2.75, 3.05) is 19.5 Å². The summed E-state index contributed by atoms with van der Waals surface area (Å²) in [6, 6.07) is 2.99. The number of sulfonamides is 1. The second kappa shape index (κ2) is 8.41. The van der Waals surface area contributed by atoms with Gasteiger partial charge in [-0.1, -0.05) is 6.07 Å². The molecule has 2 aliphatic rings. The molecule has 1 saturated carbocycles. The van der Waals surface area contributed by atoms with E-state index in [1.807, 2.05) is 12.1 Å². The Kier molecular flexibility index (Phi) is 6.38. The van der Waals surface area contributed by atoms with Crippen LogP contribution in [0.1, 0.15) is 49.4 Å². The summed E-state index contributed by atoms with van der Waals surface area (Å²) in [5.41, 5.74) is 1.45. The molecule has 1 N–H and O–H groups in total.